The number of aromatic nitrogens is 8. The van der Waals surface area contributed by atoms with Gasteiger partial charge in [0.25, 0.3) is 11.8 Å². The third kappa shape index (κ3) is 8.51. The van der Waals surface area contributed by atoms with Crippen LogP contribution in [-0.4, -0.2) is 114 Å². The summed E-state index contributed by atoms with van der Waals surface area (Å²) in [6.45, 7) is 1.44. The highest BCUT2D eigenvalue weighted by molar-refractivity contribution is 6.07. The maximum absolute atomic E-state index is 14.7. The number of aliphatic hydroxyl groups excluding tert-OH is 3. The topological polar surface area (TPSA) is 225 Å². The van der Waals surface area contributed by atoms with Crippen molar-refractivity contribution in [2.45, 2.75) is 63.8 Å². The van der Waals surface area contributed by atoms with Crippen LogP contribution in [0.15, 0.2) is 86.0 Å². The molecule has 0 unspecified atom stereocenters. The number of anilines is 2. The zero-order valence-electron chi connectivity index (χ0n) is 34.3. The highest BCUT2D eigenvalue weighted by Crippen LogP contribution is 2.38. The van der Waals surface area contributed by atoms with Crippen molar-refractivity contribution in [2.24, 2.45) is 5.92 Å². The summed E-state index contributed by atoms with van der Waals surface area (Å²) >= 11 is 0. The summed E-state index contributed by atoms with van der Waals surface area (Å²) in [4.78, 5) is 49.6. The first-order valence-electron chi connectivity index (χ1n) is 19.2. The molecule has 0 spiro atoms. The summed E-state index contributed by atoms with van der Waals surface area (Å²) in [5.74, 6) is -0.669. The number of fused-ring (bicyclic) bond motifs is 2. The van der Waals surface area contributed by atoms with Crippen molar-refractivity contribution in [2.75, 3.05) is 24.9 Å². The number of amides is 2. The van der Waals surface area contributed by atoms with Gasteiger partial charge in [-0.05, 0) is 38.1 Å². The minimum Gasteiger partial charge on any atom is -0.400 e. The Bertz CT molecular complexity index is 2140. The number of carbonyl (C=O) groups is 2. The molecule has 8 atom stereocenters. The number of benzene rings is 2. The van der Waals surface area contributed by atoms with Gasteiger partial charge in [0.1, 0.15) is 18.8 Å². The van der Waals surface area contributed by atoms with E-state index in [4.69, 9.17) is 15.1 Å². The lowest BCUT2D eigenvalue weighted by molar-refractivity contribution is -0.0137. The van der Waals surface area contributed by atoms with Crippen LogP contribution in [-0.2, 0) is 9.47 Å². The van der Waals surface area contributed by atoms with Crippen molar-refractivity contribution in [1.82, 2.24) is 39.0 Å². The van der Waals surface area contributed by atoms with E-state index in [2.05, 4.69) is 50.8 Å². The molecule has 8 rings (SSSR count). The summed E-state index contributed by atoms with van der Waals surface area (Å²) in [6, 6.07) is 17.3. The first-order valence-corrected chi connectivity index (χ1v) is 16.9. The molecule has 5 N–H and O–H groups in total. The summed E-state index contributed by atoms with van der Waals surface area (Å²) < 4.78 is 69.3. The number of hydrogen-bond acceptors (Lipinski definition) is 13. The number of hydrogen-bond donors (Lipinski definition) is 5. The Kier molecular flexibility index (Phi) is 11.9. The van der Waals surface area contributed by atoms with Gasteiger partial charge in [0.15, 0.2) is 58.8 Å². The second-order valence-corrected chi connectivity index (χ2v) is 12.1. The molecule has 19 heteroatoms. The number of rotatable bonds is 6. The number of aliphatic hydroxyl groups is 3. The quantitative estimate of drug-likeness (QED) is 0.162. The maximum Gasteiger partial charge on any atom is 0.256 e. The van der Waals surface area contributed by atoms with Crippen molar-refractivity contribution >= 4 is 45.8 Å². The van der Waals surface area contributed by atoms with Crippen molar-refractivity contribution in [3.63, 3.8) is 0 Å². The fourth-order valence-electron chi connectivity index (χ4n) is 5.79. The molecule has 17 nitrogen and oxygen atoms in total. The zero-order valence-corrected chi connectivity index (χ0v) is 30.3. The van der Waals surface area contributed by atoms with E-state index < -0.39 is 49.0 Å². The number of alkyl halides is 2. The summed E-state index contributed by atoms with van der Waals surface area (Å²) in [6.07, 6.45) is -2.64. The van der Waals surface area contributed by atoms with Gasteiger partial charge in [0.2, 0.25) is 2.86 Å². The second-order valence-electron chi connectivity index (χ2n) is 12.1. The molecular formula is C37H42F2N10O7. The molecule has 6 aromatic rings. The summed E-state index contributed by atoms with van der Waals surface area (Å²) in [5.41, 5.74) is 2.16. The van der Waals surface area contributed by atoms with Crippen LogP contribution in [0.5, 0.6) is 0 Å². The average molecular weight is 783 g/mol. The van der Waals surface area contributed by atoms with Crippen LogP contribution in [0.2, 0.25) is 0 Å². The third-order valence-electron chi connectivity index (χ3n) is 8.77. The van der Waals surface area contributed by atoms with E-state index in [1.807, 2.05) is 6.07 Å². The van der Waals surface area contributed by atoms with Gasteiger partial charge in [0.05, 0.1) is 24.9 Å². The molecule has 0 aliphatic carbocycles. The Hall–Kier alpha value is -5.86. The predicted molar refractivity (Wildman–Crippen MR) is 200 cm³/mol. The van der Waals surface area contributed by atoms with E-state index in [9.17, 15) is 23.5 Å². The van der Waals surface area contributed by atoms with E-state index in [0.717, 1.165) is 0 Å². The molecule has 2 aromatic carbocycles. The second kappa shape index (κ2) is 18.7. The monoisotopic (exact) mass is 782 g/mol. The molecule has 4 aromatic heterocycles. The number of carbonyl (C=O) groups excluding carboxylic acids is 2. The van der Waals surface area contributed by atoms with Crippen LogP contribution in [0.4, 0.5) is 20.4 Å². The van der Waals surface area contributed by atoms with Crippen LogP contribution < -0.4 is 10.6 Å². The molecule has 2 aliphatic heterocycles. The first-order chi connectivity index (χ1) is 29.0. The van der Waals surface area contributed by atoms with Gasteiger partial charge in [-0.25, -0.2) is 38.7 Å². The van der Waals surface area contributed by atoms with E-state index in [1.54, 1.807) is 61.5 Å². The zero-order chi connectivity index (χ0) is 43.3. The van der Waals surface area contributed by atoms with Crippen molar-refractivity contribution in [3.05, 3.63) is 97.1 Å². The molecule has 0 radical (unpaired) electrons. The molecule has 0 bridgehead atoms. The molecule has 56 heavy (non-hydrogen) atoms. The van der Waals surface area contributed by atoms with Gasteiger partial charge in [-0.3, -0.25) is 18.7 Å². The van der Waals surface area contributed by atoms with Gasteiger partial charge in [-0.2, -0.15) is 0 Å². The Balaban J connectivity index is 0.000000201. The first kappa shape index (κ1) is 35.8. The average Bonchev–Trinajstić information content (AvgIpc) is 4.03. The van der Waals surface area contributed by atoms with Gasteiger partial charge in [-0.1, -0.05) is 43.3 Å². The van der Waals surface area contributed by atoms with Crippen molar-refractivity contribution < 1.29 is 45.9 Å². The SMILES string of the molecule is [2H]C[C@H]1O[C@@H](n2cnc3c(NC(=O)c4ccccc4)ncnc32)[C@H](F)[C@@H]1C.[2H]C[C@H]1O[C@@H](n2cnc3c(NC(=O)c4ccccc4)ncnc32)[C@H](F)[C@@H]1O.[3H]OC.[3H]OC. The van der Waals surface area contributed by atoms with Gasteiger partial charge < -0.3 is 35.4 Å². The number of nitrogens with one attached hydrogen (secondary N) is 2. The van der Waals surface area contributed by atoms with Gasteiger partial charge in [-0.15, -0.1) is 0 Å². The number of ether oxygens (including phenoxy) is 2. The summed E-state index contributed by atoms with van der Waals surface area (Å²) in [7, 11) is 2.58. The van der Waals surface area contributed by atoms with Crippen LogP contribution in [0.1, 0.15) is 56.6 Å². The van der Waals surface area contributed by atoms with E-state index in [-0.39, 0.29) is 48.4 Å². The van der Waals surface area contributed by atoms with Crippen LogP contribution in [0, 0.1) is 5.92 Å². The lowest BCUT2D eigenvalue weighted by Crippen LogP contribution is -2.26. The predicted octanol–water partition coefficient (Wildman–Crippen LogP) is 3.88. The standard InChI is InChI=1S/C18H18FN5O2.C17H16FN5O3.2CH4O/c1-10-11(2)26-18(13(10)19)24-9-22-14-15(20-8-21-16(14)24)23-17(25)12-6-4-3-5-7-12;1-9-13(24)11(18)17(26-9)23-8-21-12-14(19-7-20-15(12)23)22-16(25)10-5-3-2-4-6-10;2*1-2/h3-11,13,18H,1-2H3,(H,20,21,23,25);2-9,11,13,17,24H,1H3,(H,19,20,22,25);2*2H,1H3/t10-,11-,13-,18-;9-,11-,13-,17-;;/m11../s1/i2D;1D;2*2T. The normalized spacial score (nSPS) is 24.8. The molecule has 2 aliphatic rings. The van der Waals surface area contributed by atoms with Gasteiger partial charge in [0, 0.05) is 34.0 Å². The molecule has 0 saturated carbocycles. The van der Waals surface area contributed by atoms with Crippen LogP contribution in [0.25, 0.3) is 22.3 Å². The largest absolute Gasteiger partial charge is 0.400 e. The number of halogens is 2. The molecule has 2 saturated heterocycles. The number of nitrogens with zero attached hydrogens (tertiary/aromatic N) is 8. The maximum atomic E-state index is 14.7. The molecule has 2 amide bonds. The highest BCUT2D eigenvalue weighted by atomic mass is 19.1. The third-order valence-corrected chi connectivity index (χ3v) is 8.77. The molecule has 296 valence electrons. The van der Waals surface area contributed by atoms with Gasteiger partial charge >= 0.3 is 0 Å². The fraction of sp³-hybridized carbons (Fsp3) is 0.351. The van der Waals surface area contributed by atoms with Crippen molar-refractivity contribution in [3.8, 4) is 0 Å². The Morgan fingerprint density at radius 1 is 0.732 bits per heavy atom. The Morgan fingerprint density at radius 2 is 1.16 bits per heavy atom. The number of imidazole rings is 2. The minimum absolute atomic E-state index is 0.0158. The molecule has 2 fully saturated rings. The van der Waals surface area contributed by atoms with Crippen LogP contribution >= 0.6 is 0 Å². The molecule has 6 heterocycles. The van der Waals surface area contributed by atoms with Crippen LogP contribution in [0.3, 0.4) is 0 Å². The fourth-order valence-corrected chi connectivity index (χ4v) is 5.79. The lowest BCUT2D eigenvalue weighted by atomic mass is 10.0. The van der Waals surface area contributed by atoms with E-state index in [1.165, 1.54) is 48.7 Å². The highest BCUT2D eigenvalue weighted by Gasteiger charge is 2.44. The molecular weight excluding hydrogens is 734 g/mol. The van der Waals surface area contributed by atoms with Crippen molar-refractivity contribution in [1.29, 1.82) is 2.86 Å². The minimum atomic E-state index is -1.73. The van der Waals surface area contributed by atoms with E-state index in [0.29, 0.717) is 22.3 Å². The smallest absolute Gasteiger partial charge is 0.256 e. The lowest BCUT2D eigenvalue weighted by Gasteiger charge is -2.15. The Morgan fingerprint density at radius 3 is 1.57 bits per heavy atom. The summed E-state index contributed by atoms with van der Waals surface area (Å²) in [5, 5.41) is 22.2. The Labute approximate surface area is 325 Å². The van der Waals surface area contributed by atoms with E-state index >= 15 is 0 Å².